The lowest BCUT2D eigenvalue weighted by molar-refractivity contribution is 0.0907. The van der Waals surface area contributed by atoms with Crippen molar-refractivity contribution in [3.8, 4) is 0 Å². The lowest BCUT2D eigenvalue weighted by atomic mass is 10.0. The Morgan fingerprint density at radius 2 is 2.05 bits per heavy atom. The Morgan fingerprint density at radius 3 is 2.62 bits per heavy atom. The number of nitrogens with one attached hydrogen (secondary N) is 1. The molecular formula is C16H21N3O2. The molecule has 1 heterocycles. The summed E-state index contributed by atoms with van der Waals surface area (Å²) in [5.41, 5.74) is 2.18. The predicted molar refractivity (Wildman–Crippen MR) is 80.9 cm³/mol. The molecule has 2 unspecified atom stereocenters. The maximum atomic E-state index is 12.2. The van der Waals surface area contributed by atoms with Gasteiger partial charge in [-0.05, 0) is 31.9 Å². The van der Waals surface area contributed by atoms with Crippen molar-refractivity contribution in [1.82, 2.24) is 15.1 Å². The van der Waals surface area contributed by atoms with E-state index in [9.17, 15) is 9.90 Å². The van der Waals surface area contributed by atoms with Crippen molar-refractivity contribution in [2.24, 2.45) is 7.05 Å². The number of amides is 1. The molecule has 2 aromatic rings. The molecule has 0 spiro atoms. The normalized spacial score (nSPS) is 13.7. The summed E-state index contributed by atoms with van der Waals surface area (Å²) >= 11 is 0. The van der Waals surface area contributed by atoms with Crippen molar-refractivity contribution >= 4 is 5.91 Å². The molecule has 0 radical (unpaired) electrons. The van der Waals surface area contributed by atoms with Gasteiger partial charge in [0.2, 0.25) is 0 Å². The largest absolute Gasteiger partial charge is 0.388 e. The lowest BCUT2D eigenvalue weighted by Crippen LogP contribution is -2.34. The maximum absolute atomic E-state index is 12.2. The van der Waals surface area contributed by atoms with Crippen molar-refractivity contribution in [1.29, 1.82) is 0 Å². The highest BCUT2D eigenvalue weighted by atomic mass is 16.3. The minimum absolute atomic E-state index is 0.136. The Hall–Kier alpha value is -2.14. The van der Waals surface area contributed by atoms with Crippen LogP contribution in [0.15, 0.2) is 36.4 Å². The smallest absolute Gasteiger partial charge is 0.269 e. The average Bonchev–Trinajstić information content (AvgIpc) is 2.78. The number of hydrogen-bond acceptors (Lipinski definition) is 3. The Balaban J connectivity index is 1.94. The molecule has 0 aliphatic heterocycles. The van der Waals surface area contributed by atoms with Gasteiger partial charge in [-0.15, -0.1) is 0 Å². The fourth-order valence-corrected chi connectivity index (χ4v) is 2.33. The second kappa shape index (κ2) is 6.54. The predicted octanol–water partition coefficient (Wildman–Crippen LogP) is 1.97. The van der Waals surface area contributed by atoms with Gasteiger partial charge in [-0.1, -0.05) is 30.3 Å². The van der Waals surface area contributed by atoms with E-state index < -0.39 is 6.10 Å². The number of aryl methyl sites for hydroxylation is 2. The van der Waals surface area contributed by atoms with E-state index in [1.807, 2.05) is 44.2 Å². The van der Waals surface area contributed by atoms with Gasteiger partial charge in [0.1, 0.15) is 5.69 Å². The first kappa shape index (κ1) is 15.3. The number of carbonyl (C=O) groups is 1. The van der Waals surface area contributed by atoms with Gasteiger partial charge in [0.05, 0.1) is 11.8 Å². The molecule has 0 saturated heterocycles. The first-order valence-corrected chi connectivity index (χ1v) is 7.02. The first-order chi connectivity index (χ1) is 9.97. The van der Waals surface area contributed by atoms with Gasteiger partial charge in [-0.3, -0.25) is 9.48 Å². The van der Waals surface area contributed by atoms with E-state index in [-0.39, 0.29) is 11.9 Å². The minimum atomic E-state index is -0.588. The zero-order chi connectivity index (χ0) is 15.4. The highest BCUT2D eigenvalue weighted by Crippen LogP contribution is 2.17. The van der Waals surface area contributed by atoms with Gasteiger partial charge in [-0.2, -0.15) is 5.10 Å². The summed E-state index contributed by atoms with van der Waals surface area (Å²) in [7, 11) is 1.74. The van der Waals surface area contributed by atoms with Crippen molar-refractivity contribution in [3.63, 3.8) is 0 Å². The van der Waals surface area contributed by atoms with Crippen molar-refractivity contribution < 1.29 is 9.90 Å². The third kappa shape index (κ3) is 3.92. The van der Waals surface area contributed by atoms with E-state index >= 15 is 0 Å². The molecule has 5 heteroatoms. The number of aliphatic hydroxyl groups is 1. The number of carbonyl (C=O) groups excluding carboxylic acids is 1. The zero-order valence-corrected chi connectivity index (χ0v) is 12.6. The molecule has 0 aliphatic rings. The van der Waals surface area contributed by atoms with Crippen LogP contribution in [0.3, 0.4) is 0 Å². The Labute approximate surface area is 124 Å². The number of hydrogen-bond donors (Lipinski definition) is 2. The summed E-state index contributed by atoms with van der Waals surface area (Å²) in [6.07, 6.45) is -0.123. The average molecular weight is 287 g/mol. The lowest BCUT2D eigenvalue weighted by Gasteiger charge is -2.18. The van der Waals surface area contributed by atoms with Crippen LogP contribution in [0.2, 0.25) is 0 Å². The highest BCUT2D eigenvalue weighted by molar-refractivity contribution is 5.92. The molecular weight excluding hydrogens is 266 g/mol. The van der Waals surface area contributed by atoms with Gasteiger partial charge in [0, 0.05) is 13.1 Å². The summed E-state index contributed by atoms with van der Waals surface area (Å²) < 4.78 is 1.56. The number of benzene rings is 1. The number of aliphatic hydroxyl groups excluding tert-OH is 1. The molecule has 5 nitrogen and oxygen atoms in total. The third-order valence-electron chi connectivity index (χ3n) is 3.37. The van der Waals surface area contributed by atoms with Crippen molar-refractivity contribution in [2.45, 2.75) is 32.4 Å². The number of rotatable bonds is 5. The third-order valence-corrected chi connectivity index (χ3v) is 3.37. The maximum Gasteiger partial charge on any atom is 0.269 e. The highest BCUT2D eigenvalue weighted by Gasteiger charge is 2.17. The summed E-state index contributed by atoms with van der Waals surface area (Å²) in [5.74, 6) is -0.175. The SMILES string of the molecule is Cc1cc(C(=O)NC(C)CC(O)c2ccccc2)n(C)n1. The molecule has 0 bridgehead atoms. The topological polar surface area (TPSA) is 67.2 Å². The molecule has 0 aliphatic carbocycles. The number of aromatic nitrogens is 2. The summed E-state index contributed by atoms with van der Waals surface area (Å²) in [6, 6.07) is 11.1. The second-order valence-electron chi connectivity index (χ2n) is 5.33. The fourth-order valence-electron chi connectivity index (χ4n) is 2.33. The van der Waals surface area contributed by atoms with E-state index in [2.05, 4.69) is 10.4 Å². The fraction of sp³-hybridized carbons (Fsp3) is 0.375. The van der Waals surface area contributed by atoms with Crippen molar-refractivity contribution in [3.05, 3.63) is 53.3 Å². The summed E-state index contributed by atoms with van der Waals surface area (Å²) in [6.45, 7) is 3.73. The van der Waals surface area contributed by atoms with Crippen LogP contribution < -0.4 is 5.32 Å². The summed E-state index contributed by atoms with van der Waals surface area (Å²) in [5, 5.41) is 17.2. The standard InChI is InChI=1S/C16H21N3O2/c1-11(10-15(20)13-7-5-4-6-8-13)17-16(21)14-9-12(2)18-19(14)3/h4-9,11,15,20H,10H2,1-3H3,(H,17,21). The first-order valence-electron chi connectivity index (χ1n) is 7.02. The van der Waals surface area contributed by atoms with Crippen LogP contribution in [0.5, 0.6) is 0 Å². The molecule has 1 aromatic carbocycles. The van der Waals surface area contributed by atoms with Crippen molar-refractivity contribution in [2.75, 3.05) is 0 Å². The molecule has 0 fully saturated rings. The summed E-state index contributed by atoms with van der Waals surface area (Å²) in [4.78, 5) is 12.2. The molecule has 2 N–H and O–H groups in total. The van der Waals surface area contributed by atoms with E-state index in [0.717, 1.165) is 11.3 Å². The van der Waals surface area contributed by atoms with Crippen LogP contribution in [0.1, 0.15) is 41.2 Å². The molecule has 2 rings (SSSR count). The van der Waals surface area contributed by atoms with Gasteiger partial charge in [0.25, 0.3) is 5.91 Å². The van der Waals surface area contributed by atoms with Gasteiger partial charge < -0.3 is 10.4 Å². The quantitative estimate of drug-likeness (QED) is 0.883. The van der Waals surface area contributed by atoms with E-state index in [4.69, 9.17) is 0 Å². The minimum Gasteiger partial charge on any atom is -0.388 e. The number of nitrogens with zero attached hydrogens (tertiary/aromatic N) is 2. The molecule has 2 atom stereocenters. The zero-order valence-electron chi connectivity index (χ0n) is 12.6. The monoisotopic (exact) mass is 287 g/mol. The van der Waals surface area contributed by atoms with Gasteiger partial charge >= 0.3 is 0 Å². The van der Waals surface area contributed by atoms with E-state index in [1.54, 1.807) is 17.8 Å². The van der Waals surface area contributed by atoms with Crippen LogP contribution in [0.4, 0.5) is 0 Å². The Morgan fingerprint density at radius 1 is 1.38 bits per heavy atom. The Kier molecular flexibility index (Phi) is 4.75. The van der Waals surface area contributed by atoms with Gasteiger partial charge in [-0.25, -0.2) is 0 Å². The Bertz CT molecular complexity index is 607. The van der Waals surface area contributed by atoms with Crippen LogP contribution >= 0.6 is 0 Å². The molecule has 112 valence electrons. The van der Waals surface area contributed by atoms with Gasteiger partial charge in [0.15, 0.2) is 0 Å². The van der Waals surface area contributed by atoms with Crippen LogP contribution in [-0.2, 0) is 7.05 Å². The van der Waals surface area contributed by atoms with E-state index in [0.29, 0.717) is 12.1 Å². The molecule has 1 amide bonds. The second-order valence-corrected chi connectivity index (χ2v) is 5.33. The molecule has 0 saturated carbocycles. The van der Waals surface area contributed by atoms with Crippen LogP contribution in [0, 0.1) is 6.92 Å². The van der Waals surface area contributed by atoms with Crippen LogP contribution in [-0.4, -0.2) is 26.8 Å². The van der Waals surface area contributed by atoms with Crippen LogP contribution in [0.25, 0.3) is 0 Å². The molecule has 21 heavy (non-hydrogen) atoms. The van der Waals surface area contributed by atoms with E-state index in [1.165, 1.54) is 0 Å². The molecule has 1 aromatic heterocycles.